The second-order valence-corrected chi connectivity index (χ2v) is 7.19. The monoisotopic (exact) mass is 280 g/mol. The average molecular weight is 280 g/mol. The molecule has 0 spiro atoms. The minimum Gasteiger partial charge on any atom is -0.356 e. The maximum atomic E-state index is 12.0. The van der Waals surface area contributed by atoms with Crippen LogP contribution in [0.1, 0.15) is 71.1 Å². The fourth-order valence-corrected chi connectivity index (χ4v) is 4.04. The topological polar surface area (TPSA) is 55.1 Å². The summed E-state index contributed by atoms with van der Waals surface area (Å²) in [6, 6.07) is 0.244. The average Bonchev–Trinajstić information content (AvgIpc) is 2.41. The summed E-state index contributed by atoms with van der Waals surface area (Å²) >= 11 is 0. The van der Waals surface area contributed by atoms with Crippen molar-refractivity contribution in [3.05, 3.63) is 0 Å². The highest BCUT2D eigenvalue weighted by molar-refractivity contribution is 5.76. The van der Waals surface area contributed by atoms with Gasteiger partial charge in [0.25, 0.3) is 0 Å². The zero-order chi connectivity index (χ0) is 14.4. The molecule has 2 fully saturated rings. The van der Waals surface area contributed by atoms with Crippen LogP contribution >= 0.6 is 0 Å². The van der Waals surface area contributed by atoms with Crippen LogP contribution in [0.5, 0.6) is 0 Å². The van der Waals surface area contributed by atoms with E-state index in [0.717, 1.165) is 37.6 Å². The van der Waals surface area contributed by atoms with E-state index in [-0.39, 0.29) is 11.9 Å². The van der Waals surface area contributed by atoms with Gasteiger partial charge >= 0.3 is 0 Å². The molecule has 116 valence electrons. The number of amides is 1. The molecule has 3 N–H and O–H groups in total. The van der Waals surface area contributed by atoms with Crippen molar-refractivity contribution < 1.29 is 4.79 Å². The fourth-order valence-electron chi connectivity index (χ4n) is 4.04. The minimum absolute atomic E-state index is 0.219. The van der Waals surface area contributed by atoms with Crippen LogP contribution in [0.2, 0.25) is 0 Å². The summed E-state index contributed by atoms with van der Waals surface area (Å²) in [5.74, 6) is 2.34. The van der Waals surface area contributed by atoms with Gasteiger partial charge in [-0.05, 0) is 43.4 Å². The van der Waals surface area contributed by atoms with Crippen molar-refractivity contribution in [3.63, 3.8) is 0 Å². The largest absolute Gasteiger partial charge is 0.356 e. The smallest absolute Gasteiger partial charge is 0.220 e. The highest BCUT2D eigenvalue weighted by Gasteiger charge is 2.24. The Balaban J connectivity index is 1.60. The molecule has 4 unspecified atom stereocenters. The third-order valence-electron chi connectivity index (χ3n) is 5.34. The predicted molar refractivity (Wildman–Crippen MR) is 83.3 cm³/mol. The number of rotatable bonds is 5. The van der Waals surface area contributed by atoms with Crippen molar-refractivity contribution >= 4 is 5.91 Å². The van der Waals surface area contributed by atoms with Crippen LogP contribution in [0.25, 0.3) is 0 Å². The van der Waals surface area contributed by atoms with E-state index in [4.69, 9.17) is 5.73 Å². The number of carbonyl (C=O) groups is 1. The third-order valence-corrected chi connectivity index (χ3v) is 5.34. The molecular formula is C17H32N2O. The van der Waals surface area contributed by atoms with Gasteiger partial charge in [-0.2, -0.15) is 0 Å². The van der Waals surface area contributed by atoms with Gasteiger partial charge in [-0.25, -0.2) is 0 Å². The predicted octanol–water partition coefficient (Wildman–Crippen LogP) is 3.23. The molecule has 1 amide bonds. The van der Waals surface area contributed by atoms with Gasteiger partial charge in [0.15, 0.2) is 0 Å². The molecule has 2 aliphatic carbocycles. The van der Waals surface area contributed by atoms with E-state index < -0.39 is 0 Å². The van der Waals surface area contributed by atoms with Crippen LogP contribution in [-0.2, 0) is 4.79 Å². The van der Waals surface area contributed by atoms with E-state index >= 15 is 0 Å². The molecular weight excluding hydrogens is 248 g/mol. The number of hydrogen-bond donors (Lipinski definition) is 2. The van der Waals surface area contributed by atoms with Crippen molar-refractivity contribution in [1.82, 2.24) is 5.32 Å². The summed E-state index contributed by atoms with van der Waals surface area (Å²) in [6.45, 7) is 3.22. The number of hydrogen-bond acceptors (Lipinski definition) is 2. The second kappa shape index (κ2) is 8.02. The molecule has 0 radical (unpaired) electrons. The first-order chi connectivity index (χ1) is 9.65. The molecule has 4 atom stereocenters. The molecule has 0 aromatic heterocycles. The Morgan fingerprint density at radius 3 is 2.70 bits per heavy atom. The lowest BCUT2D eigenvalue weighted by Crippen LogP contribution is -2.37. The van der Waals surface area contributed by atoms with E-state index in [1.165, 1.54) is 38.5 Å². The van der Waals surface area contributed by atoms with Crippen molar-refractivity contribution in [2.75, 3.05) is 6.54 Å². The van der Waals surface area contributed by atoms with E-state index in [9.17, 15) is 4.79 Å². The SMILES string of the molecule is CC1CCCC(CCNC(=O)CC2CCCCC2N)C1. The summed E-state index contributed by atoms with van der Waals surface area (Å²) in [7, 11) is 0. The van der Waals surface area contributed by atoms with E-state index in [1.54, 1.807) is 0 Å². The lowest BCUT2D eigenvalue weighted by Gasteiger charge is -2.28. The van der Waals surface area contributed by atoms with Crippen molar-refractivity contribution in [1.29, 1.82) is 0 Å². The molecule has 20 heavy (non-hydrogen) atoms. The highest BCUT2D eigenvalue weighted by Crippen LogP contribution is 2.30. The summed E-state index contributed by atoms with van der Waals surface area (Å²) in [5, 5.41) is 3.12. The first kappa shape index (κ1) is 15.8. The molecule has 2 rings (SSSR count). The normalized spacial score (nSPS) is 34.7. The zero-order valence-electron chi connectivity index (χ0n) is 13.1. The van der Waals surface area contributed by atoms with E-state index in [1.807, 2.05) is 0 Å². The van der Waals surface area contributed by atoms with Crippen LogP contribution in [-0.4, -0.2) is 18.5 Å². The molecule has 2 saturated carbocycles. The van der Waals surface area contributed by atoms with Gasteiger partial charge in [0.05, 0.1) is 0 Å². The number of nitrogens with two attached hydrogens (primary N) is 1. The molecule has 0 aromatic carbocycles. The van der Waals surface area contributed by atoms with E-state index in [2.05, 4.69) is 12.2 Å². The maximum absolute atomic E-state index is 12.0. The summed E-state index contributed by atoms with van der Waals surface area (Å²) in [5.41, 5.74) is 6.11. The first-order valence-corrected chi connectivity index (χ1v) is 8.67. The lowest BCUT2D eigenvalue weighted by molar-refractivity contribution is -0.122. The van der Waals surface area contributed by atoms with E-state index in [0.29, 0.717) is 12.3 Å². The molecule has 0 saturated heterocycles. The Morgan fingerprint density at radius 2 is 1.95 bits per heavy atom. The van der Waals surface area contributed by atoms with Crippen LogP contribution in [0.15, 0.2) is 0 Å². The molecule has 3 heteroatoms. The molecule has 0 bridgehead atoms. The standard InChI is InChI=1S/C17H32N2O/c1-13-5-4-6-14(11-13)9-10-19-17(20)12-15-7-2-3-8-16(15)18/h13-16H,2-12,18H2,1H3,(H,19,20). The van der Waals surface area contributed by atoms with Gasteiger partial charge in [-0.15, -0.1) is 0 Å². The Morgan fingerprint density at radius 1 is 1.15 bits per heavy atom. The van der Waals surface area contributed by atoms with Crippen molar-refractivity contribution in [2.45, 2.75) is 77.2 Å². The lowest BCUT2D eigenvalue weighted by atomic mass is 9.81. The van der Waals surface area contributed by atoms with Gasteiger partial charge in [-0.1, -0.05) is 39.0 Å². The first-order valence-electron chi connectivity index (χ1n) is 8.67. The molecule has 0 aromatic rings. The maximum Gasteiger partial charge on any atom is 0.220 e. The summed E-state index contributed by atoms with van der Waals surface area (Å²) in [4.78, 5) is 12.0. The quantitative estimate of drug-likeness (QED) is 0.812. The van der Waals surface area contributed by atoms with Crippen molar-refractivity contribution in [2.24, 2.45) is 23.5 Å². The molecule has 0 heterocycles. The van der Waals surface area contributed by atoms with Gasteiger partial charge in [-0.3, -0.25) is 4.79 Å². The molecule has 0 aliphatic heterocycles. The molecule has 3 nitrogen and oxygen atoms in total. The number of nitrogens with one attached hydrogen (secondary N) is 1. The van der Waals surface area contributed by atoms with Crippen LogP contribution in [0.4, 0.5) is 0 Å². The number of carbonyl (C=O) groups excluding carboxylic acids is 1. The third kappa shape index (κ3) is 5.08. The zero-order valence-corrected chi connectivity index (χ0v) is 13.1. The van der Waals surface area contributed by atoms with Gasteiger partial charge in [0, 0.05) is 19.0 Å². The fraction of sp³-hybridized carbons (Fsp3) is 0.941. The van der Waals surface area contributed by atoms with Crippen LogP contribution in [0.3, 0.4) is 0 Å². The van der Waals surface area contributed by atoms with Crippen molar-refractivity contribution in [3.8, 4) is 0 Å². The summed E-state index contributed by atoms with van der Waals surface area (Å²) in [6.07, 6.45) is 12.0. The Kier molecular flexibility index (Phi) is 6.34. The highest BCUT2D eigenvalue weighted by atomic mass is 16.1. The Bertz CT molecular complexity index is 305. The second-order valence-electron chi connectivity index (χ2n) is 7.19. The van der Waals surface area contributed by atoms with Crippen LogP contribution in [0, 0.1) is 17.8 Å². The Hall–Kier alpha value is -0.570. The van der Waals surface area contributed by atoms with Gasteiger partial charge in [0.2, 0.25) is 5.91 Å². The minimum atomic E-state index is 0.219. The van der Waals surface area contributed by atoms with Crippen LogP contribution < -0.4 is 11.1 Å². The molecule has 2 aliphatic rings. The summed E-state index contributed by atoms with van der Waals surface area (Å²) < 4.78 is 0. The van der Waals surface area contributed by atoms with Gasteiger partial charge < -0.3 is 11.1 Å². The van der Waals surface area contributed by atoms with Gasteiger partial charge in [0.1, 0.15) is 0 Å². The Labute approximate surface area is 124 Å².